The number of fused-ring (bicyclic) bond motifs is 11. The van der Waals surface area contributed by atoms with Crippen molar-refractivity contribution in [3.8, 4) is 11.3 Å². The summed E-state index contributed by atoms with van der Waals surface area (Å²) in [6.45, 7) is 2.13. The number of benzene rings is 1. The van der Waals surface area contributed by atoms with Crippen LogP contribution in [0.1, 0.15) is 23.4 Å². The lowest BCUT2D eigenvalue weighted by molar-refractivity contribution is 0.475. The van der Waals surface area contributed by atoms with Crippen LogP contribution in [0.2, 0.25) is 0 Å². The second-order valence-corrected chi connectivity index (χ2v) is 8.03. The van der Waals surface area contributed by atoms with Crippen molar-refractivity contribution < 1.29 is 0 Å². The first kappa shape index (κ1) is 13.8. The zero-order chi connectivity index (χ0) is 16.6. The van der Waals surface area contributed by atoms with Crippen LogP contribution in [0.4, 0.5) is 0 Å². The maximum Gasteiger partial charge on any atom is 0.119 e. The fourth-order valence-electron chi connectivity index (χ4n) is 3.86. The molecule has 120 valence electrons. The largest absolute Gasteiger partial charge is 0.272 e. The SMILES string of the molecule is C[C@@]12N=CSC1c1c(c3scnc3c3nccnc13)-c1nccnc12. The summed E-state index contributed by atoms with van der Waals surface area (Å²) >= 11 is 3.33. The number of rotatable bonds is 0. The predicted octanol–water partition coefficient (Wildman–Crippen LogP) is 3.74. The van der Waals surface area contributed by atoms with Gasteiger partial charge in [0.1, 0.15) is 16.6 Å². The van der Waals surface area contributed by atoms with Crippen LogP contribution in [-0.2, 0) is 5.54 Å². The summed E-state index contributed by atoms with van der Waals surface area (Å²) in [4.78, 5) is 27.9. The Morgan fingerprint density at radius 1 is 0.920 bits per heavy atom. The van der Waals surface area contributed by atoms with Gasteiger partial charge < -0.3 is 0 Å². The molecule has 2 aliphatic rings. The highest BCUT2D eigenvalue weighted by Gasteiger charge is 2.49. The van der Waals surface area contributed by atoms with Gasteiger partial charge in [0.25, 0.3) is 0 Å². The number of hydrogen-bond acceptors (Lipinski definition) is 8. The van der Waals surface area contributed by atoms with Crippen molar-refractivity contribution in [2.45, 2.75) is 17.7 Å². The lowest BCUT2D eigenvalue weighted by Gasteiger charge is -2.35. The Balaban J connectivity index is 1.91. The van der Waals surface area contributed by atoms with Crippen LogP contribution in [-0.4, -0.2) is 30.5 Å². The van der Waals surface area contributed by atoms with Gasteiger partial charge in [-0.05, 0) is 6.92 Å². The first-order chi connectivity index (χ1) is 12.3. The number of nitrogens with zero attached hydrogens (tertiary/aromatic N) is 6. The van der Waals surface area contributed by atoms with Gasteiger partial charge in [0.2, 0.25) is 0 Å². The van der Waals surface area contributed by atoms with E-state index in [1.54, 1.807) is 47.9 Å². The van der Waals surface area contributed by atoms with E-state index in [1.165, 1.54) is 0 Å². The number of aliphatic imine (C=N–C) groups is 1. The van der Waals surface area contributed by atoms with E-state index in [9.17, 15) is 0 Å². The number of thioether (sulfide) groups is 1. The summed E-state index contributed by atoms with van der Waals surface area (Å²) in [5, 5.41) is 0.109. The van der Waals surface area contributed by atoms with Crippen LogP contribution in [0.25, 0.3) is 32.5 Å². The summed E-state index contributed by atoms with van der Waals surface area (Å²) in [6.07, 6.45) is 6.95. The van der Waals surface area contributed by atoms with Crippen LogP contribution in [0.3, 0.4) is 0 Å². The Morgan fingerprint density at radius 3 is 2.64 bits per heavy atom. The summed E-state index contributed by atoms with van der Waals surface area (Å²) in [5.41, 5.74) is 10.0. The third-order valence-corrected chi connectivity index (χ3v) is 6.98. The van der Waals surface area contributed by atoms with Crippen molar-refractivity contribution in [2.75, 3.05) is 0 Å². The van der Waals surface area contributed by atoms with Gasteiger partial charge in [0.15, 0.2) is 0 Å². The maximum atomic E-state index is 4.78. The summed E-state index contributed by atoms with van der Waals surface area (Å²) in [7, 11) is 0. The zero-order valence-corrected chi connectivity index (χ0v) is 14.7. The minimum absolute atomic E-state index is 0.109. The van der Waals surface area contributed by atoms with Crippen LogP contribution < -0.4 is 0 Å². The van der Waals surface area contributed by atoms with Crippen molar-refractivity contribution in [3.05, 3.63) is 41.6 Å². The smallest absolute Gasteiger partial charge is 0.119 e. The van der Waals surface area contributed by atoms with E-state index in [0.717, 1.165) is 43.8 Å². The molecule has 25 heavy (non-hydrogen) atoms. The molecule has 4 aromatic rings. The normalized spacial score (nSPS) is 23.6. The molecule has 0 bridgehead atoms. The summed E-state index contributed by atoms with van der Waals surface area (Å²) in [5.74, 6) is 0. The standard InChI is InChI=1S/C17H10N6S2/c1-17-15-11(19-4-5-21-15)8-9(16(17)25-7-23-17)10-12(20-3-2-18-10)13-14(8)24-6-22-13/h2-7,16H,1H3/t16?,17-/m0/s1. The summed E-state index contributed by atoms with van der Waals surface area (Å²) < 4.78 is 1.10. The topological polar surface area (TPSA) is 76.8 Å². The fourth-order valence-corrected chi connectivity index (χ4v) is 5.91. The average molecular weight is 362 g/mol. The molecular weight excluding hydrogens is 352 g/mol. The minimum Gasteiger partial charge on any atom is -0.272 e. The molecule has 2 atom stereocenters. The van der Waals surface area contributed by atoms with Crippen LogP contribution >= 0.6 is 23.1 Å². The molecule has 1 aliphatic carbocycles. The minimum atomic E-state index is -0.440. The predicted molar refractivity (Wildman–Crippen MR) is 99.9 cm³/mol. The van der Waals surface area contributed by atoms with Crippen molar-refractivity contribution in [2.24, 2.45) is 4.99 Å². The highest BCUT2D eigenvalue weighted by molar-refractivity contribution is 8.12. The lowest BCUT2D eigenvalue weighted by Crippen LogP contribution is -2.30. The van der Waals surface area contributed by atoms with Gasteiger partial charge in [0, 0.05) is 35.9 Å². The quantitative estimate of drug-likeness (QED) is 0.474. The molecule has 6 rings (SSSR count). The monoisotopic (exact) mass is 362 g/mol. The number of hydrogen-bond donors (Lipinski definition) is 0. The molecule has 0 fully saturated rings. The van der Waals surface area contributed by atoms with Gasteiger partial charge in [-0.3, -0.25) is 24.9 Å². The molecule has 0 amide bonds. The zero-order valence-electron chi connectivity index (χ0n) is 13.0. The lowest BCUT2D eigenvalue weighted by atomic mass is 9.78. The molecule has 0 N–H and O–H groups in total. The first-order valence-corrected chi connectivity index (χ1v) is 9.62. The summed E-state index contributed by atoms with van der Waals surface area (Å²) in [6, 6.07) is 0. The van der Waals surface area contributed by atoms with Gasteiger partial charge in [0.05, 0.1) is 37.9 Å². The van der Waals surface area contributed by atoms with E-state index in [0.29, 0.717) is 0 Å². The van der Waals surface area contributed by atoms with E-state index < -0.39 is 5.54 Å². The average Bonchev–Trinajstić information content (AvgIpc) is 3.28. The molecule has 3 aromatic heterocycles. The number of thiazole rings is 1. The van der Waals surface area contributed by atoms with Crippen LogP contribution in [0.5, 0.6) is 0 Å². The highest BCUT2D eigenvalue weighted by Crippen LogP contribution is 2.60. The van der Waals surface area contributed by atoms with E-state index in [4.69, 9.17) is 4.99 Å². The Bertz CT molecular complexity index is 1220. The maximum absolute atomic E-state index is 4.78. The molecule has 8 heteroatoms. The molecule has 0 saturated heterocycles. The van der Waals surface area contributed by atoms with E-state index in [-0.39, 0.29) is 5.25 Å². The van der Waals surface area contributed by atoms with E-state index in [2.05, 4.69) is 31.8 Å². The molecule has 0 saturated carbocycles. The van der Waals surface area contributed by atoms with Gasteiger partial charge in [-0.15, -0.1) is 23.1 Å². The molecule has 0 radical (unpaired) electrons. The molecule has 4 heterocycles. The molecule has 6 nitrogen and oxygen atoms in total. The van der Waals surface area contributed by atoms with Gasteiger partial charge in [-0.1, -0.05) is 0 Å². The van der Waals surface area contributed by atoms with Crippen molar-refractivity contribution >= 4 is 49.9 Å². The third kappa shape index (κ3) is 1.56. The van der Waals surface area contributed by atoms with Gasteiger partial charge in [-0.25, -0.2) is 4.98 Å². The Labute approximate surface area is 150 Å². The van der Waals surface area contributed by atoms with Crippen molar-refractivity contribution in [1.82, 2.24) is 24.9 Å². The second-order valence-electron chi connectivity index (χ2n) is 6.22. The van der Waals surface area contributed by atoms with Crippen molar-refractivity contribution in [1.29, 1.82) is 0 Å². The number of aromatic nitrogens is 5. The molecule has 0 spiro atoms. The molecule has 1 unspecified atom stereocenters. The fraction of sp³-hybridized carbons (Fsp3) is 0.176. The first-order valence-electron chi connectivity index (χ1n) is 7.80. The van der Waals surface area contributed by atoms with Crippen LogP contribution in [0, 0.1) is 0 Å². The Hall–Kier alpha value is -2.45. The molecule has 1 aromatic carbocycles. The van der Waals surface area contributed by atoms with Crippen LogP contribution in [0.15, 0.2) is 35.3 Å². The van der Waals surface area contributed by atoms with E-state index in [1.807, 2.05) is 11.1 Å². The second kappa shape index (κ2) is 4.59. The Kier molecular flexibility index (Phi) is 2.53. The van der Waals surface area contributed by atoms with Gasteiger partial charge >= 0.3 is 0 Å². The highest BCUT2D eigenvalue weighted by atomic mass is 32.2. The van der Waals surface area contributed by atoms with E-state index >= 15 is 0 Å². The molecule has 1 aliphatic heterocycles. The molecular formula is C17H10N6S2. The van der Waals surface area contributed by atoms with Crippen molar-refractivity contribution in [3.63, 3.8) is 0 Å². The third-order valence-electron chi connectivity index (χ3n) is 4.95. The van der Waals surface area contributed by atoms with Gasteiger partial charge in [-0.2, -0.15) is 0 Å². The Morgan fingerprint density at radius 2 is 1.72 bits per heavy atom.